The molecule has 2 aromatic carbocycles. The van der Waals surface area contributed by atoms with Crippen LogP contribution in [0.25, 0.3) is 5.69 Å². The average Bonchev–Trinajstić information content (AvgIpc) is 2.74. The average molecular weight is 426 g/mol. The molecule has 0 aliphatic heterocycles. The van der Waals surface area contributed by atoms with Crippen molar-refractivity contribution in [2.24, 2.45) is 0 Å². The predicted octanol–water partition coefficient (Wildman–Crippen LogP) is 1.66. The predicted molar refractivity (Wildman–Crippen MR) is 113 cm³/mol. The van der Waals surface area contributed by atoms with E-state index < -0.39 is 28.7 Å². The maximum absolute atomic E-state index is 13.8. The van der Waals surface area contributed by atoms with Crippen LogP contribution in [0, 0.1) is 12.7 Å². The van der Waals surface area contributed by atoms with Gasteiger partial charge in [-0.3, -0.25) is 14.2 Å². The first kappa shape index (κ1) is 22.1. The molecule has 0 atom stereocenters. The molecule has 0 aliphatic rings. The minimum absolute atomic E-state index is 0.0544. The van der Waals surface area contributed by atoms with E-state index in [1.54, 1.807) is 13.2 Å². The van der Waals surface area contributed by atoms with E-state index in [-0.39, 0.29) is 18.8 Å². The molecule has 0 saturated heterocycles. The minimum Gasteiger partial charge on any atom is -0.385 e. The number of carbonyl (C=O) groups excluding carboxylic acids is 1. The van der Waals surface area contributed by atoms with Gasteiger partial charge >= 0.3 is 5.69 Å². The number of rotatable bonds is 8. The Bertz CT molecular complexity index is 1200. The van der Waals surface area contributed by atoms with Crippen LogP contribution in [0.3, 0.4) is 0 Å². The van der Waals surface area contributed by atoms with Crippen LogP contribution in [-0.4, -0.2) is 40.5 Å². The molecule has 0 saturated carbocycles. The lowest BCUT2D eigenvalue weighted by Crippen LogP contribution is -2.46. The van der Waals surface area contributed by atoms with Crippen LogP contribution in [0.1, 0.15) is 28.0 Å². The topological polar surface area (TPSA) is 95.2 Å². The SMILES string of the molecule is COCCCNC(=O)c1nn(-c2cccc(F)c2)c(=O)n(Cc2cccc(C)c2)c1=O. The molecule has 0 spiro atoms. The van der Waals surface area contributed by atoms with Crippen molar-refractivity contribution < 1.29 is 13.9 Å². The first-order chi connectivity index (χ1) is 14.9. The van der Waals surface area contributed by atoms with E-state index >= 15 is 0 Å². The number of methoxy groups -OCH3 is 1. The fourth-order valence-corrected chi connectivity index (χ4v) is 3.07. The van der Waals surface area contributed by atoms with Crippen LogP contribution in [0.2, 0.25) is 0 Å². The molecule has 1 aromatic heterocycles. The van der Waals surface area contributed by atoms with Gasteiger partial charge in [-0.1, -0.05) is 35.9 Å². The van der Waals surface area contributed by atoms with Gasteiger partial charge in [-0.05, 0) is 37.1 Å². The van der Waals surface area contributed by atoms with Gasteiger partial charge < -0.3 is 10.1 Å². The maximum atomic E-state index is 13.8. The van der Waals surface area contributed by atoms with Crippen LogP contribution in [0.15, 0.2) is 58.1 Å². The number of aryl methyl sites for hydroxylation is 1. The third kappa shape index (κ3) is 5.32. The van der Waals surface area contributed by atoms with Crippen molar-refractivity contribution in [2.75, 3.05) is 20.3 Å². The van der Waals surface area contributed by atoms with Crippen LogP contribution in [0.5, 0.6) is 0 Å². The van der Waals surface area contributed by atoms with E-state index in [9.17, 15) is 18.8 Å². The summed E-state index contributed by atoms with van der Waals surface area (Å²) in [6, 6.07) is 12.5. The molecular weight excluding hydrogens is 403 g/mol. The number of amides is 1. The number of ether oxygens (including phenoxy) is 1. The van der Waals surface area contributed by atoms with Gasteiger partial charge in [-0.2, -0.15) is 9.78 Å². The van der Waals surface area contributed by atoms with Crippen LogP contribution >= 0.6 is 0 Å². The molecule has 1 amide bonds. The van der Waals surface area contributed by atoms with Gasteiger partial charge in [-0.25, -0.2) is 9.18 Å². The number of nitrogens with zero attached hydrogens (tertiary/aromatic N) is 3. The molecule has 3 rings (SSSR count). The van der Waals surface area contributed by atoms with Gasteiger partial charge in [0.1, 0.15) is 5.82 Å². The number of aromatic nitrogens is 3. The van der Waals surface area contributed by atoms with Crippen LogP contribution in [-0.2, 0) is 11.3 Å². The number of hydrogen-bond acceptors (Lipinski definition) is 5. The molecule has 3 aromatic rings. The van der Waals surface area contributed by atoms with E-state index in [1.165, 1.54) is 18.2 Å². The summed E-state index contributed by atoms with van der Waals surface area (Å²) in [5.41, 5.74) is -0.259. The van der Waals surface area contributed by atoms with Crippen molar-refractivity contribution in [2.45, 2.75) is 19.9 Å². The van der Waals surface area contributed by atoms with Crippen molar-refractivity contribution >= 4 is 5.91 Å². The van der Waals surface area contributed by atoms with Crippen molar-refractivity contribution in [3.8, 4) is 5.69 Å². The molecule has 8 nitrogen and oxygen atoms in total. The Morgan fingerprint density at radius 2 is 1.94 bits per heavy atom. The summed E-state index contributed by atoms with van der Waals surface area (Å²) in [7, 11) is 1.54. The maximum Gasteiger partial charge on any atom is 0.352 e. The van der Waals surface area contributed by atoms with Crippen LogP contribution in [0.4, 0.5) is 4.39 Å². The summed E-state index contributed by atoms with van der Waals surface area (Å²) >= 11 is 0. The lowest BCUT2D eigenvalue weighted by molar-refractivity contribution is 0.0938. The summed E-state index contributed by atoms with van der Waals surface area (Å²) in [5.74, 6) is -1.29. The Morgan fingerprint density at radius 1 is 1.16 bits per heavy atom. The summed E-state index contributed by atoms with van der Waals surface area (Å²) in [6.45, 7) is 2.54. The Labute approximate surface area is 177 Å². The first-order valence-corrected chi connectivity index (χ1v) is 9.73. The highest BCUT2D eigenvalue weighted by Gasteiger charge is 2.20. The van der Waals surface area contributed by atoms with Gasteiger partial charge in [0.15, 0.2) is 0 Å². The second-order valence-corrected chi connectivity index (χ2v) is 7.01. The van der Waals surface area contributed by atoms with Crippen molar-refractivity contribution in [3.63, 3.8) is 0 Å². The third-order valence-corrected chi connectivity index (χ3v) is 4.56. The second kappa shape index (κ2) is 9.94. The zero-order chi connectivity index (χ0) is 22.4. The van der Waals surface area contributed by atoms with Crippen LogP contribution < -0.4 is 16.6 Å². The molecule has 9 heteroatoms. The summed E-state index contributed by atoms with van der Waals surface area (Å²) in [5, 5.41) is 6.56. The van der Waals surface area contributed by atoms with E-state index in [0.29, 0.717) is 18.6 Å². The molecular formula is C22H23FN4O4. The van der Waals surface area contributed by atoms with E-state index in [4.69, 9.17) is 4.74 Å². The molecule has 0 radical (unpaired) electrons. The molecule has 162 valence electrons. The summed E-state index contributed by atoms with van der Waals surface area (Å²) in [4.78, 5) is 38.7. The normalized spacial score (nSPS) is 10.8. The highest BCUT2D eigenvalue weighted by Crippen LogP contribution is 2.07. The Hall–Kier alpha value is -3.59. The van der Waals surface area contributed by atoms with Gasteiger partial charge in [-0.15, -0.1) is 0 Å². The van der Waals surface area contributed by atoms with E-state index in [2.05, 4.69) is 10.4 Å². The van der Waals surface area contributed by atoms with Crippen molar-refractivity contribution in [3.05, 3.63) is 92.0 Å². The number of hydrogen-bond donors (Lipinski definition) is 1. The van der Waals surface area contributed by atoms with Gasteiger partial charge in [0.05, 0.1) is 12.2 Å². The summed E-state index contributed by atoms with van der Waals surface area (Å²) in [6.07, 6.45) is 0.545. The molecule has 1 N–H and O–H groups in total. The Balaban J connectivity index is 2.10. The second-order valence-electron chi connectivity index (χ2n) is 7.01. The lowest BCUT2D eigenvalue weighted by atomic mass is 10.1. The van der Waals surface area contributed by atoms with E-state index in [1.807, 2.05) is 25.1 Å². The zero-order valence-electron chi connectivity index (χ0n) is 17.3. The van der Waals surface area contributed by atoms with Gasteiger partial charge in [0.2, 0.25) is 5.69 Å². The first-order valence-electron chi connectivity index (χ1n) is 9.73. The molecule has 31 heavy (non-hydrogen) atoms. The standard InChI is InChI=1S/C22H23FN4O4/c1-15-6-3-7-16(12-15)14-26-21(29)19(20(28)24-10-5-11-31-2)25-27(22(26)30)18-9-4-8-17(23)13-18/h3-4,6-9,12-13H,5,10-11,14H2,1-2H3,(H,24,28). The molecule has 0 bridgehead atoms. The highest BCUT2D eigenvalue weighted by atomic mass is 19.1. The number of halogens is 1. The molecule has 0 unspecified atom stereocenters. The summed E-state index contributed by atoms with van der Waals surface area (Å²) < 4.78 is 20.5. The highest BCUT2D eigenvalue weighted by molar-refractivity contribution is 5.91. The smallest absolute Gasteiger partial charge is 0.352 e. The zero-order valence-corrected chi connectivity index (χ0v) is 17.3. The molecule has 1 heterocycles. The minimum atomic E-state index is -0.816. The fourth-order valence-electron chi connectivity index (χ4n) is 3.07. The monoisotopic (exact) mass is 426 g/mol. The number of benzene rings is 2. The third-order valence-electron chi connectivity index (χ3n) is 4.56. The van der Waals surface area contributed by atoms with Gasteiger partial charge in [0.25, 0.3) is 11.5 Å². The number of carbonyl (C=O) groups is 1. The van der Waals surface area contributed by atoms with E-state index in [0.717, 1.165) is 20.9 Å². The molecule has 0 aliphatic carbocycles. The quantitative estimate of drug-likeness (QED) is 0.553. The number of nitrogens with one attached hydrogen (secondary N) is 1. The largest absolute Gasteiger partial charge is 0.385 e. The van der Waals surface area contributed by atoms with Crippen molar-refractivity contribution in [1.29, 1.82) is 0 Å². The van der Waals surface area contributed by atoms with Gasteiger partial charge in [0, 0.05) is 20.3 Å². The lowest BCUT2D eigenvalue weighted by Gasteiger charge is -2.13. The van der Waals surface area contributed by atoms with Crippen molar-refractivity contribution in [1.82, 2.24) is 19.7 Å². The fraction of sp³-hybridized carbons (Fsp3) is 0.273. The Morgan fingerprint density at radius 3 is 2.65 bits per heavy atom. The molecule has 0 fully saturated rings. The Kier molecular flexibility index (Phi) is 7.09.